The second-order valence-corrected chi connectivity index (χ2v) is 8.17. The number of fused-ring (bicyclic) bond motifs is 1. The van der Waals surface area contributed by atoms with Crippen molar-refractivity contribution in [2.75, 3.05) is 43.1 Å². The van der Waals surface area contributed by atoms with Crippen molar-refractivity contribution in [2.24, 2.45) is 0 Å². The molecule has 0 unspecified atom stereocenters. The molecule has 0 aliphatic carbocycles. The number of aryl methyl sites for hydroxylation is 1. The van der Waals surface area contributed by atoms with Crippen LogP contribution in [0.3, 0.4) is 0 Å². The molecule has 158 valence electrons. The molecule has 0 bridgehead atoms. The van der Waals surface area contributed by atoms with E-state index >= 15 is 0 Å². The summed E-state index contributed by atoms with van der Waals surface area (Å²) < 4.78 is 7.38. The molecule has 5 rings (SSSR count). The molecule has 1 aromatic carbocycles. The molecule has 0 spiro atoms. The number of pyridine rings is 2. The Morgan fingerprint density at radius 2 is 1.77 bits per heavy atom. The highest BCUT2D eigenvalue weighted by molar-refractivity contribution is 6.32. The standard InChI is InChI=1S/C24H24ClN5O/c1-17-12-23(31-2)21(25)14-20(17)22-16-30-7-5-18(13-24(30)27-22)28-8-10-29(11-9-28)19-4-3-6-26-15-19/h3-7,12-16H,8-11H2,1-2H3. The van der Waals surface area contributed by atoms with Gasteiger partial charge in [-0.15, -0.1) is 0 Å². The number of anilines is 2. The minimum atomic E-state index is 0.590. The molecule has 0 amide bonds. The third-order valence-corrected chi connectivity index (χ3v) is 6.17. The molecule has 31 heavy (non-hydrogen) atoms. The lowest BCUT2D eigenvalue weighted by atomic mass is 10.1. The summed E-state index contributed by atoms with van der Waals surface area (Å²) in [6.45, 7) is 5.92. The zero-order chi connectivity index (χ0) is 21.4. The highest BCUT2D eigenvalue weighted by Crippen LogP contribution is 2.33. The first-order chi connectivity index (χ1) is 15.1. The van der Waals surface area contributed by atoms with Gasteiger partial charge < -0.3 is 18.9 Å². The molecule has 0 N–H and O–H groups in total. The molecular formula is C24H24ClN5O. The van der Waals surface area contributed by atoms with Crippen LogP contribution < -0.4 is 14.5 Å². The predicted molar refractivity (Wildman–Crippen MR) is 126 cm³/mol. The fourth-order valence-electron chi connectivity index (χ4n) is 4.15. The van der Waals surface area contributed by atoms with Crippen LogP contribution in [0, 0.1) is 6.92 Å². The van der Waals surface area contributed by atoms with Crippen molar-refractivity contribution in [1.29, 1.82) is 0 Å². The average Bonchev–Trinajstić information content (AvgIpc) is 3.24. The summed E-state index contributed by atoms with van der Waals surface area (Å²) in [5.41, 5.74) is 6.30. The fourth-order valence-corrected chi connectivity index (χ4v) is 4.39. The Labute approximate surface area is 186 Å². The third-order valence-electron chi connectivity index (χ3n) is 5.87. The number of benzene rings is 1. The number of imidazole rings is 1. The van der Waals surface area contributed by atoms with E-state index in [2.05, 4.69) is 43.6 Å². The van der Waals surface area contributed by atoms with Crippen molar-refractivity contribution in [2.45, 2.75) is 6.92 Å². The molecule has 0 radical (unpaired) electrons. The summed E-state index contributed by atoms with van der Waals surface area (Å²) in [7, 11) is 1.63. The topological polar surface area (TPSA) is 45.9 Å². The number of ether oxygens (including phenoxy) is 1. The minimum Gasteiger partial charge on any atom is -0.495 e. The van der Waals surface area contributed by atoms with Crippen LogP contribution in [0.25, 0.3) is 16.9 Å². The number of rotatable bonds is 4. The number of aromatic nitrogens is 3. The van der Waals surface area contributed by atoms with E-state index in [1.54, 1.807) is 7.11 Å². The van der Waals surface area contributed by atoms with Crippen molar-refractivity contribution < 1.29 is 4.74 Å². The first-order valence-electron chi connectivity index (χ1n) is 10.4. The Hall–Kier alpha value is -3.25. The van der Waals surface area contributed by atoms with Gasteiger partial charge in [-0.1, -0.05) is 11.6 Å². The van der Waals surface area contributed by atoms with Gasteiger partial charge in [0.25, 0.3) is 0 Å². The lowest BCUT2D eigenvalue weighted by Crippen LogP contribution is -2.46. The third kappa shape index (κ3) is 3.79. The number of piperazine rings is 1. The van der Waals surface area contributed by atoms with Crippen molar-refractivity contribution in [3.05, 3.63) is 71.8 Å². The van der Waals surface area contributed by atoms with Gasteiger partial charge in [0.05, 0.1) is 29.7 Å². The Balaban J connectivity index is 1.38. The SMILES string of the molecule is COc1cc(C)c(-c2cn3ccc(N4CCN(c5cccnc5)CC4)cc3n2)cc1Cl. The highest BCUT2D eigenvalue weighted by atomic mass is 35.5. The molecule has 0 saturated carbocycles. The molecule has 1 aliphatic heterocycles. The van der Waals surface area contributed by atoms with Gasteiger partial charge in [-0.3, -0.25) is 4.98 Å². The van der Waals surface area contributed by atoms with Gasteiger partial charge >= 0.3 is 0 Å². The van der Waals surface area contributed by atoms with Crippen molar-refractivity contribution in [1.82, 2.24) is 14.4 Å². The van der Waals surface area contributed by atoms with E-state index in [-0.39, 0.29) is 0 Å². The Bertz CT molecular complexity index is 1220. The first-order valence-corrected chi connectivity index (χ1v) is 10.7. The van der Waals surface area contributed by atoms with Gasteiger partial charge in [0.1, 0.15) is 11.4 Å². The summed E-state index contributed by atoms with van der Waals surface area (Å²) in [4.78, 5) is 13.9. The van der Waals surface area contributed by atoms with Crippen LogP contribution in [0.15, 0.2) is 61.2 Å². The average molecular weight is 434 g/mol. The highest BCUT2D eigenvalue weighted by Gasteiger charge is 2.18. The zero-order valence-electron chi connectivity index (χ0n) is 17.6. The quantitative estimate of drug-likeness (QED) is 0.467. The molecule has 3 aromatic heterocycles. The molecule has 4 aromatic rings. The molecule has 4 heterocycles. The van der Waals surface area contributed by atoms with Crippen LogP contribution in [-0.2, 0) is 0 Å². The monoisotopic (exact) mass is 433 g/mol. The number of halogens is 1. The maximum absolute atomic E-state index is 6.36. The summed E-state index contributed by atoms with van der Waals surface area (Å²) in [5.74, 6) is 0.680. The molecule has 0 atom stereocenters. The van der Waals surface area contributed by atoms with Crippen LogP contribution in [-0.4, -0.2) is 47.7 Å². The maximum Gasteiger partial charge on any atom is 0.139 e. The van der Waals surface area contributed by atoms with Crippen LogP contribution in [0.2, 0.25) is 5.02 Å². The molecule has 1 saturated heterocycles. The molecule has 6 nitrogen and oxygen atoms in total. The Kier molecular flexibility index (Phi) is 5.16. The lowest BCUT2D eigenvalue weighted by molar-refractivity contribution is 0.415. The van der Waals surface area contributed by atoms with E-state index < -0.39 is 0 Å². The number of hydrogen-bond donors (Lipinski definition) is 0. The largest absolute Gasteiger partial charge is 0.495 e. The van der Waals surface area contributed by atoms with Gasteiger partial charge in [0, 0.05) is 62.1 Å². The molecule has 7 heteroatoms. The Morgan fingerprint density at radius 1 is 1.00 bits per heavy atom. The normalized spacial score (nSPS) is 14.3. The molecular weight excluding hydrogens is 410 g/mol. The fraction of sp³-hybridized carbons (Fsp3) is 0.250. The molecule has 1 aliphatic rings. The van der Waals surface area contributed by atoms with Crippen LogP contribution in [0.1, 0.15) is 5.56 Å². The van der Waals surface area contributed by atoms with Crippen molar-refractivity contribution in [3.63, 3.8) is 0 Å². The summed E-state index contributed by atoms with van der Waals surface area (Å²) in [6, 6.07) is 12.3. The van der Waals surface area contributed by atoms with Gasteiger partial charge in [-0.2, -0.15) is 0 Å². The van der Waals surface area contributed by atoms with E-state index in [9.17, 15) is 0 Å². The zero-order valence-corrected chi connectivity index (χ0v) is 18.4. The predicted octanol–water partition coefficient (Wildman–Crippen LogP) is 4.69. The first kappa shape index (κ1) is 19.7. The number of hydrogen-bond acceptors (Lipinski definition) is 5. The maximum atomic E-state index is 6.36. The second kappa shape index (κ2) is 8.12. The van der Waals surface area contributed by atoms with Crippen LogP contribution in [0.4, 0.5) is 11.4 Å². The van der Waals surface area contributed by atoms with E-state index in [0.29, 0.717) is 10.8 Å². The van der Waals surface area contributed by atoms with Gasteiger partial charge in [-0.25, -0.2) is 4.98 Å². The second-order valence-electron chi connectivity index (χ2n) is 7.76. The van der Waals surface area contributed by atoms with Gasteiger partial charge in [0.15, 0.2) is 0 Å². The number of nitrogens with zero attached hydrogens (tertiary/aromatic N) is 5. The summed E-state index contributed by atoms with van der Waals surface area (Å²) in [5, 5.41) is 0.590. The number of methoxy groups -OCH3 is 1. The summed E-state index contributed by atoms with van der Waals surface area (Å²) >= 11 is 6.36. The molecule has 1 fully saturated rings. The van der Waals surface area contributed by atoms with E-state index in [1.165, 1.54) is 11.4 Å². The van der Waals surface area contributed by atoms with E-state index in [0.717, 1.165) is 48.6 Å². The van der Waals surface area contributed by atoms with Crippen LogP contribution in [0.5, 0.6) is 5.75 Å². The van der Waals surface area contributed by atoms with Gasteiger partial charge in [0.2, 0.25) is 0 Å². The van der Waals surface area contributed by atoms with E-state index in [4.69, 9.17) is 21.3 Å². The summed E-state index contributed by atoms with van der Waals surface area (Å²) in [6.07, 6.45) is 7.87. The van der Waals surface area contributed by atoms with Gasteiger partial charge in [-0.05, 0) is 42.8 Å². The van der Waals surface area contributed by atoms with Crippen LogP contribution >= 0.6 is 11.6 Å². The minimum absolute atomic E-state index is 0.590. The lowest BCUT2D eigenvalue weighted by Gasteiger charge is -2.37. The smallest absolute Gasteiger partial charge is 0.139 e. The van der Waals surface area contributed by atoms with Crippen molar-refractivity contribution in [3.8, 4) is 17.0 Å². The van der Waals surface area contributed by atoms with Crippen molar-refractivity contribution >= 4 is 28.6 Å². The Morgan fingerprint density at radius 3 is 2.48 bits per heavy atom. The van der Waals surface area contributed by atoms with E-state index in [1.807, 2.05) is 43.7 Å².